The van der Waals surface area contributed by atoms with Crippen molar-refractivity contribution in [2.24, 2.45) is 5.92 Å². The molecule has 162 valence electrons. The number of anilines is 1. The topological polar surface area (TPSA) is 102 Å². The van der Waals surface area contributed by atoms with E-state index in [0.717, 1.165) is 0 Å². The molecule has 0 aliphatic heterocycles. The smallest absolute Gasteiger partial charge is 0.251 e. The summed E-state index contributed by atoms with van der Waals surface area (Å²) in [5.74, 6) is 1.14. The summed E-state index contributed by atoms with van der Waals surface area (Å²) < 4.78 is 1.94. The molecule has 3 aromatic rings. The van der Waals surface area contributed by atoms with Crippen LogP contribution in [0.1, 0.15) is 43.0 Å². The van der Waals surface area contributed by atoms with Gasteiger partial charge in [-0.15, -0.1) is 10.2 Å². The summed E-state index contributed by atoms with van der Waals surface area (Å²) in [7, 11) is 0. The molecular formula is C22H26N6O2S. The molecule has 0 aliphatic rings. The molecule has 2 N–H and O–H groups in total. The van der Waals surface area contributed by atoms with Gasteiger partial charge in [0.25, 0.3) is 5.91 Å². The van der Waals surface area contributed by atoms with Crippen LogP contribution in [0.4, 0.5) is 5.82 Å². The zero-order valence-corrected chi connectivity index (χ0v) is 18.6. The van der Waals surface area contributed by atoms with Crippen LogP contribution in [0.15, 0.2) is 59.9 Å². The summed E-state index contributed by atoms with van der Waals surface area (Å²) in [4.78, 5) is 29.0. The van der Waals surface area contributed by atoms with Crippen LogP contribution in [0.3, 0.4) is 0 Å². The maximum absolute atomic E-state index is 12.7. The number of thioether (sulfide) groups is 1. The highest BCUT2D eigenvalue weighted by Gasteiger charge is 2.26. The molecule has 2 amide bonds. The van der Waals surface area contributed by atoms with Gasteiger partial charge in [-0.2, -0.15) is 0 Å². The van der Waals surface area contributed by atoms with Crippen LogP contribution in [0.2, 0.25) is 0 Å². The lowest BCUT2D eigenvalue weighted by Gasteiger charge is -2.22. The number of nitrogens with zero attached hydrogens (tertiary/aromatic N) is 4. The van der Waals surface area contributed by atoms with Crippen molar-refractivity contribution >= 4 is 29.4 Å². The van der Waals surface area contributed by atoms with Gasteiger partial charge in [-0.3, -0.25) is 9.59 Å². The van der Waals surface area contributed by atoms with Crippen LogP contribution in [-0.4, -0.2) is 37.3 Å². The number of carbonyl (C=O) groups excluding carboxylic acids is 2. The number of pyridine rings is 1. The highest BCUT2D eigenvalue weighted by atomic mass is 32.2. The summed E-state index contributed by atoms with van der Waals surface area (Å²) in [5.41, 5.74) is 0.594. The fraction of sp³-hybridized carbons (Fsp3) is 0.318. The highest BCUT2D eigenvalue weighted by molar-refractivity contribution is 7.99. The van der Waals surface area contributed by atoms with Crippen molar-refractivity contribution in [3.63, 3.8) is 0 Å². The summed E-state index contributed by atoms with van der Waals surface area (Å²) >= 11 is 1.30. The third-order valence-corrected chi connectivity index (χ3v) is 5.56. The first kappa shape index (κ1) is 22.5. The van der Waals surface area contributed by atoms with Gasteiger partial charge in [0, 0.05) is 18.3 Å². The monoisotopic (exact) mass is 438 g/mol. The first-order valence-electron chi connectivity index (χ1n) is 10.1. The maximum Gasteiger partial charge on any atom is 0.251 e. The van der Waals surface area contributed by atoms with E-state index >= 15 is 0 Å². The summed E-state index contributed by atoms with van der Waals surface area (Å²) in [6.45, 7) is 6.66. The van der Waals surface area contributed by atoms with Crippen LogP contribution in [0.25, 0.3) is 0 Å². The summed E-state index contributed by atoms with van der Waals surface area (Å²) in [6, 6.07) is 14.1. The molecule has 0 unspecified atom stereocenters. The lowest BCUT2D eigenvalue weighted by molar-refractivity contribution is -0.113. The quantitative estimate of drug-likeness (QED) is 0.496. The minimum atomic E-state index is -0.308. The molecule has 31 heavy (non-hydrogen) atoms. The van der Waals surface area contributed by atoms with Crippen molar-refractivity contribution in [2.75, 3.05) is 11.1 Å². The van der Waals surface area contributed by atoms with Gasteiger partial charge < -0.3 is 15.2 Å². The number of benzene rings is 1. The minimum absolute atomic E-state index is 0.104. The van der Waals surface area contributed by atoms with Gasteiger partial charge in [0.05, 0.1) is 11.8 Å². The van der Waals surface area contributed by atoms with Crippen LogP contribution >= 0.6 is 11.8 Å². The predicted molar refractivity (Wildman–Crippen MR) is 121 cm³/mol. The van der Waals surface area contributed by atoms with Crippen LogP contribution in [0, 0.1) is 5.92 Å². The Morgan fingerprint density at radius 1 is 1.06 bits per heavy atom. The van der Waals surface area contributed by atoms with Crippen molar-refractivity contribution in [1.82, 2.24) is 25.1 Å². The molecule has 1 aromatic carbocycles. The predicted octanol–water partition coefficient (Wildman–Crippen LogP) is 3.55. The van der Waals surface area contributed by atoms with E-state index in [9.17, 15) is 9.59 Å². The van der Waals surface area contributed by atoms with Gasteiger partial charge >= 0.3 is 0 Å². The average molecular weight is 439 g/mol. The van der Waals surface area contributed by atoms with Gasteiger partial charge in [0.2, 0.25) is 5.91 Å². The molecule has 0 fully saturated rings. The van der Waals surface area contributed by atoms with Gasteiger partial charge in [-0.05, 0) is 37.1 Å². The molecule has 1 atom stereocenters. The second-order valence-electron chi connectivity index (χ2n) is 7.20. The van der Waals surface area contributed by atoms with E-state index in [1.165, 1.54) is 11.8 Å². The molecule has 0 saturated carbocycles. The number of hydrogen-bond donors (Lipinski definition) is 2. The Hall–Kier alpha value is -3.20. The number of carbonyl (C=O) groups is 2. The van der Waals surface area contributed by atoms with Crippen LogP contribution in [0.5, 0.6) is 0 Å². The second kappa shape index (κ2) is 10.7. The molecule has 2 heterocycles. The third-order valence-electron chi connectivity index (χ3n) is 4.59. The van der Waals surface area contributed by atoms with Crippen LogP contribution in [-0.2, 0) is 11.3 Å². The van der Waals surface area contributed by atoms with E-state index in [-0.39, 0.29) is 29.5 Å². The normalized spacial score (nSPS) is 11.9. The van der Waals surface area contributed by atoms with Gasteiger partial charge in [0.15, 0.2) is 11.0 Å². The van der Waals surface area contributed by atoms with E-state index in [4.69, 9.17) is 0 Å². The standard InChI is InChI=1S/C22H26N6O2S/c1-4-28-20(19(15(2)3)25-21(30)16-10-6-5-7-11-16)26-27-22(28)31-14-18(29)24-17-12-8-9-13-23-17/h5-13,15,19H,4,14H2,1-3H3,(H,25,30)(H,23,24,29)/t19-/m0/s1. The number of aromatic nitrogens is 4. The van der Waals surface area contributed by atoms with E-state index in [1.54, 1.807) is 30.5 Å². The average Bonchev–Trinajstić information content (AvgIpc) is 3.19. The number of hydrogen-bond acceptors (Lipinski definition) is 6. The van der Waals surface area contributed by atoms with Gasteiger partial charge in [0.1, 0.15) is 5.82 Å². The number of amides is 2. The molecule has 3 rings (SSSR count). The first-order chi connectivity index (χ1) is 15.0. The second-order valence-corrected chi connectivity index (χ2v) is 8.14. The van der Waals surface area contributed by atoms with E-state index in [1.807, 2.05) is 49.6 Å². The number of nitrogens with one attached hydrogen (secondary N) is 2. The number of rotatable bonds is 9. The summed E-state index contributed by atoms with van der Waals surface area (Å²) in [5, 5.41) is 15.1. The van der Waals surface area contributed by atoms with Crippen molar-refractivity contribution in [1.29, 1.82) is 0 Å². The largest absolute Gasteiger partial charge is 0.342 e. The molecule has 0 aliphatic carbocycles. The maximum atomic E-state index is 12.7. The van der Waals surface area contributed by atoms with Crippen molar-refractivity contribution in [2.45, 2.75) is 38.5 Å². The molecule has 0 radical (unpaired) electrons. The van der Waals surface area contributed by atoms with Crippen LogP contribution < -0.4 is 10.6 Å². The Labute approximate surface area is 185 Å². The Morgan fingerprint density at radius 2 is 1.81 bits per heavy atom. The highest BCUT2D eigenvalue weighted by Crippen LogP contribution is 2.25. The zero-order valence-electron chi connectivity index (χ0n) is 17.8. The lowest BCUT2D eigenvalue weighted by Crippen LogP contribution is -2.33. The third kappa shape index (κ3) is 5.91. The summed E-state index contributed by atoms with van der Waals surface area (Å²) in [6.07, 6.45) is 1.62. The molecule has 0 spiro atoms. The van der Waals surface area contributed by atoms with E-state index in [2.05, 4.69) is 25.8 Å². The Bertz CT molecular complexity index is 1010. The zero-order chi connectivity index (χ0) is 22.2. The molecule has 8 nitrogen and oxygen atoms in total. The Morgan fingerprint density at radius 3 is 2.45 bits per heavy atom. The Balaban J connectivity index is 1.70. The van der Waals surface area contributed by atoms with Crippen molar-refractivity contribution in [3.05, 3.63) is 66.1 Å². The minimum Gasteiger partial charge on any atom is -0.342 e. The first-order valence-corrected chi connectivity index (χ1v) is 11.1. The molecule has 9 heteroatoms. The fourth-order valence-electron chi connectivity index (χ4n) is 3.02. The molecule has 0 bridgehead atoms. The van der Waals surface area contributed by atoms with Gasteiger partial charge in [-0.25, -0.2) is 4.98 Å². The van der Waals surface area contributed by atoms with E-state index < -0.39 is 0 Å². The molecular weight excluding hydrogens is 412 g/mol. The molecule has 0 saturated heterocycles. The molecule has 2 aromatic heterocycles. The Kier molecular flexibility index (Phi) is 7.77. The lowest BCUT2D eigenvalue weighted by atomic mass is 10.0. The fourth-order valence-corrected chi connectivity index (χ4v) is 3.83. The van der Waals surface area contributed by atoms with Crippen molar-refractivity contribution < 1.29 is 9.59 Å². The SMILES string of the molecule is CCn1c(SCC(=O)Nc2ccccn2)nnc1[C@@H](NC(=O)c1ccccc1)C(C)C. The van der Waals surface area contributed by atoms with E-state index in [0.29, 0.717) is 28.9 Å². The van der Waals surface area contributed by atoms with Crippen molar-refractivity contribution in [3.8, 4) is 0 Å². The van der Waals surface area contributed by atoms with Gasteiger partial charge in [-0.1, -0.05) is 49.9 Å².